The number of halogens is 1. The van der Waals surface area contributed by atoms with Gasteiger partial charge in [-0.15, -0.1) is 11.3 Å². The van der Waals surface area contributed by atoms with Crippen LogP contribution in [-0.2, 0) is 11.9 Å². The maximum absolute atomic E-state index is 14.4. The highest BCUT2D eigenvalue weighted by molar-refractivity contribution is 7.19. The summed E-state index contributed by atoms with van der Waals surface area (Å²) in [5.41, 5.74) is 2.91. The number of carbonyl (C=O) groups excluding carboxylic acids is 1. The molecule has 0 radical (unpaired) electrons. The highest BCUT2D eigenvalue weighted by Gasteiger charge is 2.24. The lowest BCUT2D eigenvalue weighted by atomic mass is 10.2. The quantitative estimate of drug-likeness (QED) is 0.405. The lowest BCUT2D eigenvalue weighted by molar-refractivity contribution is 0.0170. The molecule has 0 spiro atoms. The number of anilines is 2. The van der Waals surface area contributed by atoms with Crippen LogP contribution in [0.1, 0.15) is 34.8 Å². The number of aryl methyl sites for hydroxylation is 2. The predicted molar refractivity (Wildman–Crippen MR) is 116 cm³/mol. The summed E-state index contributed by atoms with van der Waals surface area (Å²) in [6, 6.07) is 4.59. The van der Waals surface area contributed by atoms with E-state index in [1.54, 1.807) is 19.9 Å². The van der Waals surface area contributed by atoms with Gasteiger partial charge in [0.1, 0.15) is 22.7 Å². The first-order valence-electron chi connectivity index (χ1n) is 9.39. The van der Waals surface area contributed by atoms with Gasteiger partial charge in [-0.1, -0.05) is 19.9 Å². The molecule has 162 valence electrons. The van der Waals surface area contributed by atoms with Crippen LogP contribution in [0.2, 0.25) is 0 Å². The predicted octanol–water partition coefficient (Wildman–Crippen LogP) is 3.17. The van der Waals surface area contributed by atoms with E-state index in [1.165, 1.54) is 35.1 Å². The number of nitrogens with zero attached hydrogens (tertiary/aromatic N) is 2. The molecule has 0 aliphatic rings. The summed E-state index contributed by atoms with van der Waals surface area (Å²) in [6.45, 7) is 7.10. The number of aromatic nitrogens is 2. The molecule has 0 saturated carbocycles. The number of carbonyl (C=O) groups is 1. The maximum Gasteiger partial charge on any atom is 0.280 e. The molecular weight excluding hydrogens is 411 g/mol. The van der Waals surface area contributed by atoms with E-state index < -0.39 is 17.3 Å². The molecule has 0 aliphatic heterocycles. The van der Waals surface area contributed by atoms with E-state index in [9.17, 15) is 14.0 Å². The van der Waals surface area contributed by atoms with Gasteiger partial charge >= 0.3 is 0 Å². The second-order valence-corrected chi connectivity index (χ2v) is 7.31. The van der Waals surface area contributed by atoms with Crippen LogP contribution in [0.5, 0.6) is 0 Å². The summed E-state index contributed by atoms with van der Waals surface area (Å²) in [4.78, 5) is 34.6. The molecule has 1 aromatic carbocycles. The van der Waals surface area contributed by atoms with Crippen molar-refractivity contribution < 1.29 is 19.1 Å². The van der Waals surface area contributed by atoms with Gasteiger partial charge in [-0.2, -0.15) is 0 Å². The molecule has 0 aliphatic carbocycles. The summed E-state index contributed by atoms with van der Waals surface area (Å²) in [5.74, 6) is -1.06. The van der Waals surface area contributed by atoms with Crippen molar-refractivity contribution in [1.82, 2.24) is 15.0 Å². The minimum absolute atomic E-state index is 0.0978. The van der Waals surface area contributed by atoms with Crippen LogP contribution >= 0.6 is 11.3 Å². The summed E-state index contributed by atoms with van der Waals surface area (Å²) < 4.78 is 15.9. The van der Waals surface area contributed by atoms with Crippen molar-refractivity contribution in [3.63, 3.8) is 0 Å². The van der Waals surface area contributed by atoms with Crippen molar-refractivity contribution in [2.45, 2.75) is 27.7 Å². The Balaban J connectivity index is 0.00000155. The Morgan fingerprint density at radius 1 is 1.33 bits per heavy atom. The van der Waals surface area contributed by atoms with E-state index in [1.807, 2.05) is 13.8 Å². The molecule has 10 heteroatoms. The van der Waals surface area contributed by atoms with Gasteiger partial charge in [0.05, 0.1) is 28.6 Å². The number of amides is 1. The summed E-state index contributed by atoms with van der Waals surface area (Å²) in [5, 5.41) is 12.3. The second kappa shape index (κ2) is 10.3. The Hall–Kier alpha value is -2.82. The molecule has 0 atom stereocenters. The van der Waals surface area contributed by atoms with Crippen molar-refractivity contribution in [2.75, 3.05) is 18.5 Å². The van der Waals surface area contributed by atoms with Gasteiger partial charge in [0.25, 0.3) is 11.5 Å². The van der Waals surface area contributed by atoms with Gasteiger partial charge in [0.15, 0.2) is 0 Å². The third-order valence-electron chi connectivity index (χ3n) is 4.00. The van der Waals surface area contributed by atoms with Crippen molar-refractivity contribution in [2.24, 2.45) is 7.05 Å². The molecule has 0 saturated heterocycles. The van der Waals surface area contributed by atoms with Crippen LogP contribution in [0.15, 0.2) is 23.0 Å². The van der Waals surface area contributed by atoms with Crippen LogP contribution in [0.25, 0.3) is 10.2 Å². The van der Waals surface area contributed by atoms with Crippen LogP contribution in [-0.4, -0.2) is 33.8 Å². The summed E-state index contributed by atoms with van der Waals surface area (Å²) >= 11 is 1.18. The molecule has 0 bridgehead atoms. The normalized spacial score (nSPS) is 10.5. The van der Waals surface area contributed by atoms with E-state index in [2.05, 4.69) is 15.8 Å². The van der Waals surface area contributed by atoms with Crippen LogP contribution in [0.3, 0.4) is 0 Å². The topological polar surface area (TPSA) is 105 Å². The fraction of sp³-hybridized carbons (Fsp3) is 0.350. The summed E-state index contributed by atoms with van der Waals surface area (Å²) in [6.07, 6.45) is 0. The molecule has 1 amide bonds. The lowest BCUT2D eigenvalue weighted by Gasteiger charge is -2.17. The number of pyridine rings is 1. The second-order valence-electron chi connectivity index (χ2n) is 6.11. The third-order valence-corrected chi connectivity index (χ3v) is 4.99. The first kappa shape index (κ1) is 23.5. The number of nitrogens with one attached hydrogen (secondary N) is 2. The first-order chi connectivity index (χ1) is 14.3. The third kappa shape index (κ3) is 4.84. The molecule has 3 N–H and O–H groups in total. The molecule has 2 aromatic heterocycles. The highest BCUT2D eigenvalue weighted by Crippen LogP contribution is 2.31. The Morgan fingerprint density at radius 3 is 2.67 bits per heavy atom. The van der Waals surface area contributed by atoms with Crippen molar-refractivity contribution in [1.29, 1.82) is 0 Å². The SMILES string of the molecule is CC.Cc1ccc(Nc2c(C(=O)NOCCO)c3sc(C)nc3c(=O)n2C)c(F)c1. The molecule has 0 unspecified atom stereocenters. The number of thiazole rings is 1. The van der Waals surface area contributed by atoms with Crippen LogP contribution in [0.4, 0.5) is 15.9 Å². The van der Waals surface area contributed by atoms with Gasteiger partial charge < -0.3 is 10.4 Å². The highest BCUT2D eigenvalue weighted by atomic mass is 32.1. The molecule has 3 aromatic rings. The molecule has 3 rings (SSSR count). The molecule has 0 fully saturated rings. The minimum Gasteiger partial charge on any atom is -0.394 e. The number of hydroxylamine groups is 1. The van der Waals surface area contributed by atoms with E-state index in [0.29, 0.717) is 9.71 Å². The van der Waals surface area contributed by atoms with Crippen molar-refractivity contribution in [3.8, 4) is 0 Å². The zero-order valence-electron chi connectivity index (χ0n) is 17.5. The van der Waals surface area contributed by atoms with Crippen molar-refractivity contribution >= 4 is 39.0 Å². The number of rotatable bonds is 6. The fourth-order valence-corrected chi connectivity index (χ4v) is 3.65. The molecular formula is C20H25FN4O4S. The van der Waals surface area contributed by atoms with Gasteiger partial charge in [-0.05, 0) is 31.5 Å². The van der Waals surface area contributed by atoms with Gasteiger partial charge in [0.2, 0.25) is 0 Å². The standard InChI is InChI=1S/C18H19FN4O4S.C2H6/c1-9-4-5-12(11(19)8-9)21-16-13(17(25)22-27-7-6-24)15-14(18(26)23(16)3)20-10(2)28-15;1-2/h4-5,8,21,24H,6-7H2,1-3H3,(H,22,25);1-2H3. The average molecular weight is 437 g/mol. The van der Waals surface area contributed by atoms with E-state index in [-0.39, 0.29) is 35.8 Å². The largest absolute Gasteiger partial charge is 0.394 e. The van der Waals surface area contributed by atoms with Crippen molar-refractivity contribution in [3.05, 3.63) is 50.5 Å². The number of hydrogen-bond donors (Lipinski definition) is 3. The first-order valence-corrected chi connectivity index (χ1v) is 10.2. The Kier molecular flexibility index (Phi) is 8.04. The maximum atomic E-state index is 14.4. The van der Waals surface area contributed by atoms with E-state index in [0.717, 1.165) is 5.56 Å². The number of fused-ring (bicyclic) bond motifs is 1. The molecule has 2 heterocycles. The Bertz CT molecular complexity index is 1110. The Morgan fingerprint density at radius 2 is 2.03 bits per heavy atom. The van der Waals surface area contributed by atoms with Gasteiger partial charge in [-0.25, -0.2) is 14.9 Å². The minimum atomic E-state index is -0.646. The zero-order chi connectivity index (χ0) is 22.4. The van der Waals surface area contributed by atoms with Gasteiger partial charge in [-0.3, -0.25) is 19.0 Å². The van der Waals surface area contributed by atoms with Crippen LogP contribution in [0, 0.1) is 19.7 Å². The number of aliphatic hydroxyl groups excluding tert-OH is 1. The summed E-state index contributed by atoms with van der Waals surface area (Å²) in [7, 11) is 1.47. The van der Waals surface area contributed by atoms with E-state index in [4.69, 9.17) is 9.94 Å². The zero-order valence-corrected chi connectivity index (χ0v) is 18.3. The fourth-order valence-electron chi connectivity index (χ4n) is 2.70. The molecule has 30 heavy (non-hydrogen) atoms. The van der Waals surface area contributed by atoms with Crippen LogP contribution < -0.4 is 16.4 Å². The number of hydrogen-bond acceptors (Lipinski definition) is 7. The average Bonchev–Trinajstić information content (AvgIpc) is 3.10. The monoisotopic (exact) mass is 436 g/mol. The smallest absolute Gasteiger partial charge is 0.280 e. The van der Waals surface area contributed by atoms with Gasteiger partial charge in [0, 0.05) is 7.05 Å². The Labute approximate surface area is 177 Å². The number of aliphatic hydroxyl groups is 1. The molecule has 8 nitrogen and oxygen atoms in total. The van der Waals surface area contributed by atoms with E-state index >= 15 is 0 Å². The lowest BCUT2D eigenvalue weighted by Crippen LogP contribution is -2.30. The number of benzene rings is 1.